The molecule has 0 aromatic heterocycles. The molecule has 1 aromatic rings. The lowest BCUT2D eigenvalue weighted by Gasteiger charge is -2.04. The molecule has 0 spiro atoms. The summed E-state index contributed by atoms with van der Waals surface area (Å²) in [6, 6.07) is 7.52. The molecule has 1 rings (SSSR count). The van der Waals surface area contributed by atoms with E-state index in [2.05, 4.69) is 0 Å². The van der Waals surface area contributed by atoms with E-state index in [0.29, 0.717) is 13.0 Å². The van der Waals surface area contributed by atoms with Crippen LogP contribution in [0.4, 0.5) is 0 Å². The highest BCUT2D eigenvalue weighted by molar-refractivity contribution is 5.67. The van der Waals surface area contributed by atoms with Gasteiger partial charge in [-0.1, -0.05) is 24.3 Å². The zero-order valence-electron chi connectivity index (χ0n) is 9.35. The van der Waals surface area contributed by atoms with Gasteiger partial charge in [-0.2, -0.15) is 0 Å². The maximum absolute atomic E-state index is 10.4. The molecular weight excluding hydrogens is 204 g/mol. The molecule has 0 aliphatic rings. The second-order valence-corrected chi connectivity index (χ2v) is 3.42. The molecule has 86 valence electrons. The van der Waals surface area contributed by atoms with Crippen molar-refractivity contribution in [3.8, 4) is 5.75 Å². The maximum Gasteiger partial charge on any atom is 0.303 e. The smallest absolute Gasteiger partial charge is 0.303 e. The summed E-state index contributed by atoms with van der Waals surface area (Å²) in [4.78, 5) is 10.4. The molecule has 0 radical (unpaired) electrons. The zero-order valence-corrected chi connectivity index (χ0v) is 9.35. The molecule has 0 saturated heterocycles. The number of hydrogen-bond donors (Lipinski definition) is 1. The first-order valence-electron chi connectivity index (χ1n) is 5.27. The molecule has 0 atom stereocenters. The van der Waals surface area contributed by atoms with E-state index in [9.17, 15) is 4.79 Å². The van der Waals surface area contributed by atoms with Crippen LogP contribution in [-0.4, -0.2) is 17.7 Å². The summed E-state index contributed by atoms with van der Waals surface area (Å²) in [7, 11) is 0. The average molecular weight is 220 g/mol. The highest BCUT2D eigenvalue weighted by Crippen LogP contribution is 2.13. The number of carbonyl (C=O) groups is 1. The molecule has 1 N–H and O–H groups in total. The van der Waals surface area contributed by atoms with Gasteiger partial charge in [0, 0.05) is 6.42 Å². The van der Waals surface area contributed by atoms with Crippen LogP contribution in [0, 0.1) is 0 Å². The SMILES string of the molecule is CC=CCOc1ccc(CCC(=O)O)cc1. The van der Waals surface area contributed by atoms with Gasteiger partial charge in [-0.3, -0.25) is 4.79 Å². The van der Waals surface area contributed by atoms with E-state index in [1.54, 1.807) is 0 Å². The maximum atomic E-state index is 10.4. The van der Waals surface area contributed by atoms with Crippen LogP contribution in [-0.2, 0) is 11.2 Å². The molecule has 3 nitrogen and oxygen atoms in total. The summed E-state index contributed by atoms with van der Waals surface area (Å²) >= 11 is 0. The van der Waals surface area contributed by atoms with Crippen molar-refractivity contribution in [1.29, 1.82) is 0 Å². The van der Waals surface area contributed by atoms with Gasteiger partial charge in [0.05, 0.1) is 0 Å². The van der Waals surface area contributed by atoms with E-state index in [0.717, 1.165) is 11.3 Å². The second-order valence-electron chi connectivity index (χ2n) is 3.42. The largest absolute Gasteiger partial charge is 0.490 e. The standard InChI is InChI=1S/C13H16O3/c1-2-3-10-16-12-7-4-11(5-8-12)6-9-13(14)15/h2-5,7-8H,6,9-10H2,1H3,(H,14,15). The first-order valence-corrected chi connectivity index (χ1v) is 5.27. The Morgan fingerprint density at radius 3 is 2.62 bits per heavy atom. The van der Waals surface area contributed by atoms with Crippen LogP contribution < -0.4 is 4.74 Å². The predicted molar refractivity (Wildman–Crippen MR) is 62.7 cm³/mol. The Labute approximate surface area is 95.4 Å². The monoisotopic (exact) mass is 220 g/mol. The molecule has 1 aromatic carbocycles. The van der Waals surface area contributed by atoms with Gasteiger partial charge in [-0.05, 0) is 31.0 Å². The topological polar surface area (TPSA) is 46.5 Å². The molecule has 0 amide bonds. The summed E-state index contributed by atoms with van der Waals surface area (Å²) < 4.78 is 5.42. The van der Waals surface area contributed by atoms with Crippen molar-refractivity contribution in [2.24, 2.45) is 0 Å². The number of hydrogen-bond acceptors (Lipinski definition) is 2. The van der Waals surface area contributed by atoms with Crippen molar-refractivity contribution in [2.75, 3.05) is 6.61 Å². The van der Waals surface area contributed by atoms with E-state index in [1.807, 2.05) is 43.3 Å². The van der Waals surface area contributed by atoms with Gasteiger partial charge < -0.3 is 9.84 Å². The van der Waals surface area contributed by atoms with Crippen molar-refractivity contribution in [1.82, 2.24) is 0 Å². The number of carboxylic acids is 1. The lowest BCUT2D eigenvalue weighted by atomic mass is 10.1. The first-order chi connectivity index (χ1) is 7.72. The molecule has 0 heterocycles. The lowest BCUT2D eigenvalue weighted by Crippen LogP contribution is -1.97. The predicted octanol–water partition coefficient (Wildman–Crippen LogP) is 2.66. The Bertz CT molecular complexity index is 352. The number of ether oxygens (including phenoxy) is 1. The third-order valence-corrected chi connectivity index (χ3v) is 2.13. The number of aryl methyl sites for hydroxylation is 1. The third kappa shape index (κ3) is 4.64. The van der Waals surface area contributed by atoms with Crippen LogP contribution in [0.3, 0.4) is 0 Å². The van der Waals surface area contributed by atoms with Gasteiger partial charge in [0.1, 0.15) is 12.4 Å². The lowest BCUT2D eigenvalue weighted by molar-refractivity contribution is -0.136. The zero-order chi connectivity index (χ0) is 11.8. The van der Waals surface area contributed by atoms with E-state index in [4.69, 9.17) is 9.84 Å². The van der Waals surface area contributed by atoms with Gasteiger partial charge >= 0.3 is 5.97 Å². The summed E-state index contributed by atoms with van der Waals surface area (Å²) in [5.41, 5.74) is 1.01. The van der Waals surface area contributed by atoms with Gasteiger partial charge in [0.15, 0.2) is 0 Å². The molecule has 0 fully saturated rings. The summed E-state index contributed by atoms with van der Waals surface area (Å²) in [6.45, 7) is 2.50. The minimum atomic E-state index is -0.770. The number of rotatable bonds is 6. The molecule has 0 saturated carbocycles. The highest BCUT2D eigenvalue weighted by Gasteiger charge is 1.99. The number of benzene rings is 1. The quantitative estimate of drug-likeness (QED) is 0.750. The number of allylic oxidation sites excluding steroid dienone is 1. The number of aliphatic carboxylic acids is 1. The molecule has 0 aliphatic heterocycles. The molecular formula is C13H16O3. The third-order valence-electron chi connectivity index (χ3n) is 2.13. The highest BCUT2D eigenvalue weighted by atomic mass is 16.5. The van der Waals surface area contributed by atoms with Crippen LogP contribution in [0.25, 0.3) is 0 Å². The van der Waals surface area contributed by atoms with Crippen LogP contribution in [0.5, 0.6) is 5.75 Å². The van der Waals surface area contributed by atoms with Gasteiger partial charge in [-0.15, -0.1) is 0 Å². The Morgan fingerprint density at radius 2 is 2.06 bits per heavy atom. The van der Waals surface area contributed by atoms with Crippen molar-refractivity contribution in [3.63, 3.8) is 0 Å². The molecule has 0 unspecified atom stereocenters. The average Bonchev–Trinajstić information content (AvgIpc) is 2.28. The Morgan fingerprint density at radius 1 is 1.38 bits per heavy atom. The molecule has 3 heteroatoms. The fourth-order valence-corrected chi connectivity index (χ4v) is 1.24. The van der Waals surface area contributed by atoms with Gasteiger partial charge in [-0.25, -0.2) is 0 Å². The molecule has 0 aliphatic carbocycles. The fourth-order valence-electron chi connectivity index (χ4n) is 1.24. The normalized spacial score (nSPS) is 10.6. The Kier molecular flexibility index (Phi) is 5.12. The van der Waals surface area contributed by atoms with E-state index in [-0.39, 0.29) is 6.42 Å². The van der Waals surface area contributed by atoms with Gasteiger partial charge in [0.2, 0.25) is 0 Å². The Balaban J connectivity index is 2.44. The first kappa shape index (κ1) is 12.3. The second kappa shape index (κ2) is 6.67. The van der Waals surface area contributed by atoms with Crippen LogP contribution in [0.15, 0.2) is 36.4 Å². The van der Waals surface area contributed by atoms with E-state index >= 15 is 0 Å². The van der Waals surface area contributed by atoms with Crippen molar-refractivity contribution < 1.29 is 14.6 Å². The molecule has 16 heavy (non-hydrogen) atoms. The van der Waals surface area contributed by atoms with Crippen LogP contribution >= 0.6 is 0 Å². The van der Waals surface area contributed by atoms with Crippen molar-refractivity contribution in [3.05, 3.63) is 42.0 Å². The Hall–Kier alpha value is -1.77. The number of carboxylic acid groups (broad SMARTS) is 1. The summed E-state index contributed by atoms with van der Waals surface area (Å²) in [5, 5.41) is 8.54. The van der Waals surface area contributed by atoms with Crippen LogP contribution in [0.1, 0.15) is 18.9 Å². The van der Waals surface area contributed by atoms with Crippen LogP contribution in [0.2, 0.25) is 0 Å². The minimum Gasteiger partial charge on any atom is -0.490 e. The van der Waals surface area contributed by atoms with E-state index < -0.39 is 5.97 Å². The fraction of sp³-hybridized carbons (Fsp3) is 0.308. The van der Waals surface area contributed by atoms with E-state index in [1.165, 1.54) is 0 Å². The minimum absolute atomic E-state index is 0.165. The van der Waals surface area contributed by atoms with Crippen molar-refractivity contribution in [2.45, 2.75) is 19.8 Å². The van der Waals surface area contributed by atoms with Gasteiger partial charge in [0.25, 0.3) is 0 Å². The summed E-state index contributed by atoms with van der Waals surface area (Å²) in [5.74, 6) is 0.0329. The van der Waals surface area contributed by atoms with Crippen molar-refractivity contribution >= 4 is 5.97 Å². The molecule has 0 bridgehead atoms. The summed E-state index contributed by atoms with van der Waals surface area (Å²) in [6.07, 6.45) is 4.59.